The van der Waals surface area contributed by atoms with Crippen LogP contribution in [0.25, 0.3) is 0 Å². The van der Waals surface area contributed by atoms with Crippen LogP contribution in [0.2, 0.25) is 0 Å². The summed E-state index contributed by atoms with van der Waals surface area (Å²) in [5.41, 5.74) is 3.48. The number of carbonyl (C=O) groups excluding carboxylic acids is 2. The van der Waals surface area contributed by atoms with E-state index >= 15 is 0 Å². The topological polar surface area (TPSA) is 92.4 Å². The molecule has 2 heterocycles. The summed E-state index contributed by atoms with van der Waals surface area (Å²) in [6, 6.07) is 8.47. The summed E-state index contributed by atoms with van der Waals surface area (Å²) >= 11 is 0. The summed E-state index contributed by atoms with van der Waals surface area (Å²) in [6.07, 6.45) is 1.18. The second kappa shape index (κ2) is 9.82. The van der Waals surface area contributed by atoms with E-state index in [9.17, 15) is 18.4 Å². The van der Waals surface area contributed by atoms with E-state index in [0.717, 1.165) is 16.7 Å². The van der Waals surface area contributed by atoms with E-state index in [1.54, 1.807) is 6.07 Å². The minimum absolute atomic E-state index is 0.0296. The lowest BCUT2D eigenvalue weighted by atomic mass is 9.97. The average Bonchev–Trinajstić information content (AvgIpc) is 2.72. The Morgan fingerprint density at radius 2 is 2.06 bits per heavy atom. The largest absolute Gasteiger partial charge is 0.417 e. The Balaban J connectivity index is 1.75. The van der Waals surface area contributed by atoms with Crippen LogP contribution in [0, 0.1) is 12.8 Å². The lowest BCUT2D eigenvalue weighted by molar-refractivity contribution is -0.125. The maximum absolute atomic E-state index is 12.4. The second-order valence-corrected chi connectivity index (χ2v) is 7.80. The van der Waals surface area contributed by atoms with Gasteiger partial charge in [0.05, 0.1) is 0 Å². The summed E-state index contributed by atoms with van der Waals surface area (Å²) < 4.78 is 28.9. The molecule has 3 rings (SSSR count). The molecule has 3 N–H and O–H groups in total. The molecule has 1 aliphatic rings. The molecule has 1 aliphatic heterocycles. The van der Waals surface area contributed by atoms with Crippen molar-refractivity contribution in [3.05, 3.63) is 58.8 Å². The lowest BCUT2D eigenvalue weighted by Crippen LogP contribution is -2.47. The number of carbonyl (C=O) groups is 2. The van der Waals surface area contributed by atoms with Crippen molar-refractivity contribution < 1.29 is 23.1 Å². The number of pyridine rings is 1. The number of aromatic nitrogens is 1. The first kappa shape index (κ1) is 22.6. The zero-order chi connectivity index (χ0) is 22.5. The third-order valence-corrected chi connectivity index (χ3v) is 5.08. The molecule has 166 valence electrons. The predicted octanol–water partition coefficient (Wildman–Crippen LogP) is 3.11. The number of hydrogen-bond acceptors (Lipinski definition) is 5. The maximum atomic E-state index is 12.4. The number of halogens is 2. The van der Waals surface area contributed by atoms with Crippen LogP contribution >= 0.6 is 0 Å². The monoisotopic (exact) mass is 432 g/mol. The minimum atomic E-state index is -2.94. The molecule has 31 heavy (non-hydrogen) atoms. The highest BCUT2D eigenvalue weighted by molar-refractivity contribution is 5.78. The Morgan fingerprint density at radius 1 is 1.29 bits per heavy atom. The number of alkyl halides is 2. The van der Waals surface area contributed by atoms with Gasteiger partial charge in [-0.25, -0.2) is 4.98 Å². The van der Waals surface area contributed by atoms with E-state index in [4.69, 9.17) is 0 Å². The summed E-state index contributed by atoms with van der Waals surface area (Å²) in [7, 11) is 0. The Morgan fingerprint density at radius 3 is 2.71 bits per heavy atom. The molecule has 2 amide bonds. The number of ether oxygens (including phenoxy) is 1. The van der Waals surface area contributed by atoms with Gasteiger partial charge in [-0.3, -0.25) is 14.9 Å². The average molecular weight is 432 g/mol. The molecule has 1 saturated heterocycles. The van der Waals surface area contributed by atoms with Crippen LogP contribution in [0.5, 0.6) is 5.88 Å². The Hall–Kier alpha value is -3.07. The number of amides is 2. The van der Waals surface area contributed by atoms with Gasteiger partial charge in [-0.1, -0.05) is 38.1 Å². The van der Waals surface area contributed by atoms with Crippen LogP contribution in [0.3, 0.4) is 0 Å². The van der Waals surface area contributed by atoms with Gasteiger partial charge < -0.3 is 15.4 Å². The van der Waals surface area contributed by atoms with Crippen LogP contribution < -0.4 is 20.7 Å². The number of rotatable bonds is 7. The van der Waals surface area contributed by atoms with Gasteiger partial charge in [0.15, 0.2) is 0 Å². The Kier molecular flexibility index (Phi) is 7.17. The van der Waals surface area contributed by atoms with E-state index in [1.165, 1.54) is 12.3 Å². The van der Waals surface area contributed by atoms with Gasteiger partial charge in [-0.2, -0.15) is 8.78 Å². The maximum Gasteiger partial charge on any atom is 0.388 e. The molecule has 0 saturated carbocycles. The van der Waals surface area contributed by atoms with Crippen molar-refractivity contribution >= 4 is 11.8 Å². The quantitative estimate of drug-likeness (QED) is 0.625. The fourth-order valence-corrected chi connectivity index (χ4v) is 3.35. The van der Waals surface area contributed by atoms with Crippen molar-refractivity contribution in [3.63, 3.8) is 0 Å². The molecular formula is C22H26F2N4O3. The first-order chi connectivity index (χ1) is 14.7. The fraction of sp³-hybridized carbons (Fsp3) is 0.409. The van der Waals surface area contributed by atoms with Gasteiger partial charge in [-0.05, 0) is 29.2 Å². The van der Waals surface area contributed by atoms with E-state index in [0.29, 0.717) is 12.1 Å². The SMILES string of the molecule is Cc1ccc(CNC(=O)C(C)C)cc1C1NC(=O)CC(c2ccc(OC(F)F)nc2)N1. The van der Waals surface area contributed by atoms with Crippen molar-refractivity contribution in [2.24, 2.45) is 5.92 Å². The first-order valence-corrected chi connectivity index (χ1v) is 10.1. The third kappa shape index (κ3) is 5.97. The van der Waals surface area contributed by atoms with Crippen LogP contribution in [0.15, 0.2) is 36.5 Å². The third-order valence-electron chi connectivity index (χ3n) is 5.08. The smallest absolute Gasteiger partial charge is 0.388 e. The number of hydrogen-bond donors (Lipinski definition) is 3. The molecule has 2 unspecified atom stereocenters. The first-order valence-electron chi connectivity index (χ1n) is 10.1. The summed E-state index contributed by atoms with van der Waals surface area (Å²) in [4.78, 5) is 28.1. The molecule has 0 spiro atoms. The molecule has 2 atom stereocenters. The summed E-state index contributed by atoms with van der Waals surface area (Å²) in [5, 5.41) is 9.21. The predicted molar refractivity (Wildman–Crippen MR) is 110 cm³/mol. The molecule has 1 fully saturated rings. The van der Waals surface area contributed by atoms with Gasteiger partial charge >= 0.3 is 6.61 Å². The number of nitrogens with one attached hydrogen (secondary N) is 3. The highest BCUT2D eigenvalue weighted by atomic mass is 19.3. The second-order valence-electron chi connectivity index (χ2n) is 7.80. The molecule has 7 nitrogen and oxygen atoms in total. The molecule has 2 aromatic rings. The minimum Gasteiger partial charge on any atom is -0.417 e. The fourth-order valence-electron chi connectivity index (χ4n) is 3.35. The van der Waals surface area contributed by atoms with E-state index in [2.05, 4.69) is 25.7 Å². The van der Waals surface area contributed by atoms with Gasteiger partial charge in [0, 0.05) is 37.2 Å². The van der Waals surface area contributed by atoms with Crippen LogP contribution in [-0.4, -0.2) is 23.4 Å². The summed E-state index contributed by atoms with van der Waals surface area (Å²) in [5.74, 6) is -0.448. The van der Waals surface area contributed by atoms with Crippen molar-refractivity contribution in [2.45, 2.75) is 52.6 Å². The zero-order valence-corrected chi connectivity index (χ0v) is 17.6. The van der Waals surface area contributed by atoms with Gasteiger partial charge in [0.1, 0.15) is 6.17 Å². The normalized spacial score (nSPS) is 18.7. The molecule has 0 aliphatic carbocycles. The van der Waals surface area contributed by atoms with Crippen LogP contribution in [0.4, 0.5) is 8.78 Å². The van der Waals surface area contributed by atoms with E-state index < -0.39 is 12.8 Å². The van der Waals surface area contributed by atoms with E-state index in [1.807, 2.05) is 39.0 Å². The van der Waals surface area contributed by atoms with Crippen molar-refractivity contribution in [1.29, 1.82) is 0 Å². The number of aryl methyl sites for hydroxylation is 1. The Labute approximate surface area is 179 Å². The van der Waals surface area contributed by atoms with Crippen molar-refractivity contribution in [2.75, 3.05) is 0 Å². The molecule has 1 aromatic carbocycles. The van der Waals surface area contributed by atoms with Gasteiger partial charge in [0.25, 0.3) is 0 Å². The highest BCUT2D eigenvalue weighted by Crippen LogP contribution is 2.28. The number of benzene rings is 1. The van der Waals surface area contributed by atoms with E-state index in [-0.39, 0.29) is 36.1 Å². The number of nitrogens with zero attached hydrogens (tertiary/aromatic N) is 1. The standard InChI is InChI=1S/C22H26F2N4O3/c1-12(2)21(30)26-10-14-5-4-13(3)16(8-14)20-27-17(9-18(29)28-20)15-6-7-19(25-11-15)31-22(23)24/h4-8,11-12,17,20,22,27H,9-10H2,1-3H3,(H,26,30)(H,28,29). The molecule has 9 heteroatoms. The van der Waals surface area contributed by atoms with Crippen LogP contribution in [0.1, 0.15) is 54.7 Å². The van der Waals surface area contributed by atoms with Crippen molar-refractivity contribution in [1.82, 2.24) is 20.9 Å². The molecule has 0 radical (unpaired) electrons. The molecular weight excluding hydrogens is 406 g/mol. The lowest BCUT2D eigenvalue weighted by Gasteiger charge is -2.33. The van der Waals surface area contributed by atoms with Gasteiger partial charge in [0.2, 0.25) is 17.7 Å². The van der Waals surface area contributed by atoms with Crippen molar-refractivity contribution in [3.8, 4) is 5.88 Å². The zero-order valence-electron chi connectivity index (χ0n) is 17.6. The molecule has 1 aromatic heterocycles. The van der Waals surface area contributed by atoms with Crippen LogP contribution in [-0.2, 0) is 16.1 Å². The summed E-state index contributed by atoms with van der Waals surface area (Å²) in [6.45, 7) is 3.06. The Bertz CT molecular complexity index is 935. The highest BCUT2D eigenvalue weighted by Gasteiger charge is 2.29. The molecule has 0 bridgehead atoms. The van der Waals surface area contributed by atoms with Gasteiger partial charge in [-0.15, -0.1) is 0 Å².